The second kappa shape index (κ2) is 8.32. The zero-order valence-corrected chi connectivity index (χ0v) is 19.1. The fraction of sp³-hybridized carbons (Fsp3) is 0.423. The number of hydrogen-bond donors (Lipinski definition) is 3. The topological polar surface area (TPSA) is 105 Å². The summed E-state index contributed by atoms with van der Waals surface area (Å²) in [4.78, 5) is 36.4. The van der Waals surface area contributed by atoms with Crippen molar-refractivity contribution in [2.75, 3.05) is 13.2 Å². The first-order valence-corrected chi connectivity index (χ1v) is 11.7. The van der Waals surface area contributed by atoms with E-state index in [9.17, 15) is 28.3 Å². The number of halogens is 2. The van der Waals surface area contributed by atoms with Gasteiger partial charge in [0.2, 0.25) is 5.91 Å². The summed E-state index contributed by atoms with van der Waals surface area (Å²) in [7, 11) is 0. The molecule has 0 bridgehead atoms. The number of ether oxygens (including phenoxy) is 1. The van der Waals surface area contributed by atoms with Gasteiger partial charge in [0.25, 0.3) is 5.92 Å². The molecular formula is C26H26F2N2O5. The zero-order valence-electron chi connectivity index (χ0n) is 19.1. The number of alkyl carbamates (subject to hydrolysis) is 1. The molecule has 0 saturated heterocycles. The van der Waals surface area contributed by atoms with Gasteiger partial charge in [0.15, 0.2) is 0 Å². The quantitative estimate of drug-likeness (QED) is 0.529. The maximum Gasteiger partial charge on any atom is 0.407 e. The highest BCUT2D eigenvalue weighted by molar-refractivity contribution is 5.91. The minimum absolute atomic E-state index is 0.0448. The Hall–Kier alpha value is -3.49. The summed E-state index contributed by atoms with van der Waals surface area (Å²) in [6, 6.07) is 15.7. The van der Waals surface area contributed by atoms with Gasteiger partial charge in [-0.05, 0) is 47.9 Å². The average Bonchev–Trinajstić information content (AvgIpc) is 3.73. The summed E-state index contributed by atoms with van der Waals surface area (Å²) in [6.45, 7) is 0.938. The van der Waals surface area contributed by atoms with Crippen LogP contribution >= 0.6 is 0 Å². The fourth-order valence-corrected chi connectivity index (χ4v) is 5.17. The second-order valence-corrected chi connectivity index (χ2v) is 9.74. The average molecular weight is 484 g/mol. The summed E-state index contributed by atoms with van der Waals surface area (Å²) in [5.41, 5.74) is 2.64. The van der Waals surface area contributed by atoms with Crippen molar-refractivity contribution >= 4 is 18.0 Å². The first kappa shape index (κ1) is 23.3. The molecule has 0 aliphatic heterocycles. The maximum absolute atomic E-state index is 14.3. The largest absolute Gasteiger partial charge is 0.480 e. The molecule has 2 aromatic rings. The van der Waals surface area contributed by atoms with Crippen LogP contribution in [0, 0.1) is 17.8 Å². The lowest BCUT2D eigenvalue weighted by Gasteiger charge is -2.26. The lowest BCUT2D eigenvalue weighted by atomic mass is 9.95. The van der Waals surface area contributed by atoms with Gasteiger partial charge in [0.05, 0.1) is 5.92 Å². The van der Waals surface area contributed by atoms with Gasteiger partial charge >= 0.3 is 12.1 Å². The summed E-state index contributed by atoms with van der Waals surface area (Å²) < 4.78 is 34.0. The first-order valence-electron chi connectivity index (χ1n) is 11.7. The van der Waals surface area contributed by atoms with Crippen LogP contribution < -0.4 is 10.6 Å². The Morgan fingerprint density at radius 1 is 1.06 bits per heavy atom. The molecule has 9 heteroatoms. The number of carbonyl (C=O) groups excluding carboxylic acids is 2. The van der Waals surface area contributed by atoms with Crippen molar-refractivity contribution in [3.05, 3.63) is 59.7 Å². The van der Waals surface area contributed by atoms with E-state index in [1.807, 2.05) is 48.5 Å². The van der Waals surface area contributed by atoms with E-state index >= 15 is 0 Å². The second-order valence-electron chi connectivity index (χ2n) is 9.74. The van der Waals surface area contributed by atoms with Gasteiger partial charge in [-0.25, -0.2) is 18.4 Å². The highest BCUT2D eigenvalue weighted by Crippen LogP contribution is 2.55. The molecule has 2 amide bonds. The molecule has 0 radical (unpaired) electrons. The third kappa shape index (κ3) is 4.02. The van der Waals surface area contributed by atoms with Crippen LogP contribution in [-0.4, -0.2) is 47.7 Å². The lowest BCUT2D eigenvalue weighted by molar-refractivity contribution is -0.148. The number of benzene rings is 2. The van der Waals surface area contributed by atoms with Crippen molar-refractivity contribution in [3.63, 3.8) is 0 Å². The lowest BCUT2D eigenvalue weighted by Crippen LogP contribution is -2.54. The monoisotopic (exact) mass is 484 g/mol. The Bertz CT molecular complexity index is 1150. The van der Waals surface area contributed by atoms with Crippen LogP contribution in [0.15, 0.2) is 48.5 Å². The highest BCUT2D eigenvalue weighted by Gasteiger charge is 2.72. The smallest absolute Gasteiger partial charge is 0.407 e. The molecule has 2 fully saturated rings. The molecule has 0 aromatic heterocycles. The number of fused-ring (bicyclic) bond motifs is 3. The number of carboxylic acid groups (broad SMARTS) is 1. The number of nitrogens with one attached hydrogen (secondary N) is 2. The van der Waals surface area contributed by atoms with Gasteiger partial charge in [-0.2, -0.15) is 0 Å². The molecule has 5 rings (SSSR count). The van der Waals surface area contributed by atoms with Crippen molar-refractivity contribution < 1.29 is 33.0 Å². The van der Waals surface area contributed by atoms with E-state index in [1.165, 1.54) is 6.92 Å². The minimum atomic E-state index is -3.33. The van der Waals surface area contributed by atoms with E-state index in [4.69, 9.17) is 4.74 Å². The van der Waals surface area contributed by atoms with E-state index in [1.54, 1.807) is 0 Å². The molecule has 0 spiro atoms. The number of carbonyl (C=O) groups is 3. The van der Waals surface area contributed by atoms with Gasteiger partial charge in [-0.15, -0.1) is 0 Å². The first-order chi connectivity index (χ1) is 16.6. The molecule has 2 saturated carbocycles. The molecule has 7 nitrogen and oxygen atoms in total. The summed E-state index contributed by atoms with van der Waals surface area (Å²) in [6.07, 6.45) is 0.399. The molecule has 184 valence electrons. The number of alkyl halides is 2. The van der Waals surface area contributed by atoms with Crippen LogP contribution in [-0.2, 0) is 14.3 Å². The van der Waals surface area contributed by atoms with Crippen LogP contribution in [0.2, 0.25) is 0 Å². The Morgan fingerprint density at radius 2 is 1.63 bits per heavy atom. The third-order valence-corrected chi connectivity index (χ3v) is 7.52. The van der Waals surface area contributed by atoms with Crippen LogP contribution in [0.3, 0.4) is 0 Å². The molecule has 3 unspecified atom stereocenters. The SMILES string of the molecule is CC(NC(=O)C1C(CNC(=O)OCC2c3ccccc3-c3ccccc32)C1(F)F)(C(=O)O)C1CC1. The van der Waals surface area contributed by atoms with E-state index in [0.717, 1.165) is 22.3 Å². The third-order valence-electron chi connectivity index (χ3n) is 7.52. The highest BCUT2D eigenvalue weighted by atomic mass is 19.3. The van der Waals surface area contributed by atoms with Crippen LogP contribution in [0.25, 0.3) is 11.1 Å². The van der Waals surface area contributed by atoms with Gasteiger partial charge in [0, 0.05) is 12.5 Å². The zero-order chi connectivity index (χ0) is 25.0. The molecule has 3 aliphatic carbocycles. The molecule has 35 heavy (non-hydrogen) atoms. The molecule has 3 aliphatic rings. The molecule has 0 heterocycles. The van der Waals surface area contributed by atoms with Crippen molar-refractivity contribution in [1.82, 2.24) is 10.6 Å². The normalized spacial score (nSPS) is 23.4. The van der Waals surface area contributed by atoms with Gasteiger partial charge < -0.3 is 20.5 Å². The van der Waals surface area contributed by atoms with E-state index in [-0.39, 0.29) is 18.4 Å². The summed E-state index contributed by atoms with van der Waals surface area (Å²) in [5.74, 6) is -9.12. The van der Waals surface area contributed by atoms with Crippen molar-refractivity contribution in [2.24, 2.45) is 17.8 Å². The van der Waals surface area contributed by atoms with Gasteiger partial charge in [-0.3, -0.25) is 4.79 Å². The Kier molecular flexibility index (Phi) is 5.53. The molecule has 3 N–H and O–H groups in total. The predicted molar refractivity (Wildman–Crippen MR) is 122 cm³/mol. The predicted octanol–water partition coefficient (Wildman–Crippen LogP) is 3.78. The molecule has 3 atom stereocenters. The number of amides is 2. The van der Waals surface area contributed by atoms with E-state index < -0.39 is 47.8 Å². The standard InChI is InChI=1S/C26H26F2N2O5/c1-25(23(32)33,14-10-11-14)30-22(31)21-20(26(21,27)28)12-29-24(34)35-13-19-17-8-4-2-6-15(17)16-7-3-5-9-18(16)19/h2-9,14,19-21H,10-13H2,1H3,(H,29,34)(H,30,31)(H,32,33). The maximum atomic E-state index is 14.3. The fourth-order valence-electron chi connectivity index (χ4n) is 5.17. The number of rotatable bonds is 8. The van der Waals surface area contributed by atoms with E-state index in [0.29, 0.717) is 12.8 Å². The minimum Gasteiger partial charge on any atom is -0.480 e. The Morgan fingerprint density at radius 3 is 2.17 bits per heavy atom. The van der Waals surface area contributed by atoms with E-state index in [2.05, 4.69) is 10.6 Å². The van der Waals surface area contributed by atoms with Gasteiger partial charge in [-0.1, -0.05) is 48.5 Å². The van der Waals surface area contributed by atoms with Crippen molar-refractivity contribution in [2.45, 2.75) is 37.1 Å². The van der Waals surface area contributed by atoms with Crippen molar-refractivity contribution in [1.29, 1.82) is 0 Å². The molecule has 2 aromatic carbocycles. The van der Waals surface area contributed by atoms with Crippen LogP contribution in [0.5, 0.6) is 0 Å². The van der Waals surface area contributed by atoms with Crippen LogP contribution in [0.1, 0.15) is 36.8 Å². The van der Waals surface area contributed by atoms with Gasteiger partial charge in [0.1, 0.15) is 18.1 Å². The number of carboxylic acids is 1. The Balaban J connectivity index is 1.16. The Labute approximate surface area is 200 Å². The summed E-state index contributed by atoms with van der Waals surface area (Å²) >= 11 is 0. The van der Waals surface area contributed by atoms with Crippen molar-refractivity contribution in [3.8, 4) is 11.1 Å². The van der Waals surface area contributed by atoms with Crippen LogP contribution in [0.4, 0.5) is 13.6 Å². The number of aliphatic carboxylic acids is 1. The molecular weight excluding hydrogens is 458 g/mol. The number of hydrogen-bond acceptors (Lipinski definition) is 4. The summed E-state index contributed by atoms with van der Waals surface area (Å²) in [5, 5.41) is 14.1.